The summed E-state index contributed by atoms with van der Waals surface area (Å²) in [6, 6.07) is 6.93. The monoisotopic (exact) mass is 203 g/mol. The fourth-order valence-electron chi connectivity index (χ4n) is 1.27. The van der Waals surface area contributed by atoms with Crippen LogP contribution in [-0.4, -0.2) is 18.4 Å². The maximum Gasteiger partial charge on any atom is 0.224 e. The summed E-state index contributed by atoms with van der Waals surface area (Å²) in [5.41, 5.74) is 1.07. The first kappa shape index (κ1) is 9.45. The van der Waals surface area contributed by atoms with Gasteiger partial charge in [-0.1, -0.05) is 0 Å². The zero-order valence-electron chi connectivity index (χ0n) is 8.14. The van der Waals surface area contributed by atoms with Crippen molar-refractivity contribution < 1.29 is 13.9 Å². The summed E-state index contributed by atoms with van der Waals surface area (Å²) in [5.74, 6) is 0.949. The van der Waals surface area contributed by atoms with Crippen LogP contribution in [0.4, 0.5) is 0 Å². The average Bonchev–Trinajstić information content (AvgIpc) is 2.81. The minimum absolute atomic E-state index is 0.305. The second-order valence-electron chi connectivity index (χ2n) is 2.89. The van der Waals surface area contributed by atoms with E-state index in [0.717, 1.165) is 0 Å². The van der Waals surface area contributed by atoms with Crippen LogP contribution < -0.4 is 4.74 Å². The van der Waals surface area contributed by atoms with Gasteiger partial charge in [-0.3, -0.25) is 4.79 Å². The number of methoxy groups -OCH3 is 1. The Labute approximate surface area is 86.5 Å². The maximum atomic E-state index is 10.6. The molecule has 0 saturated carbocycles. The van der Waals surface area contributed by atoms with Crippen LogP contribution >= 0.6 is 0 Å². The molecular weight excluding hydrogens is 194 g/mol. The molecule has 0 aliphatic rings. The van der Waals surface area contributed by atoms with Crippen molar-refractivity contribution in [1.82, 2.24) is 4.98 Å². The number of furan rings is 1. The number of rotatable bonds is 3. The molecular formula is C11H9NO3. The second kappa shape index (κ2) is 3.96. The third-order valence-electron chi connectivity index (χ3n) is 1.98. The number of hydrogen-bond donors (Lipinski definition) is 0. The molecule has 0 spiro atoms. The van der Waals surface area contributed by atoms with Crippen LogP contribution in [0, 0.1) is 0 Å². The molecule has 15 heavy (non-hydrogen) atoms. The highest BCUT2D eigenvalue weighted by Gasteiger charge is 2.08. The Morgan fingerprint density at radius 3 is 2.87 bits per heavy atom. The third-order valence-corrected chi connectivity index (χ3v) is 1.98. The number of carbonyl (C=O) groups is 1. The molecule has 2 heterocycles. The number of aldehydes is 1. The van der Waals surface area contributed by atoms with E-state index in [-0.39, 0.29) is 0 Å². The van der Waals surface area contributed by atoms with E-state index in [1.807, 2.05) is 0 Å². The minimum atomic E-state index is 0.305. The van der Waals surface area contributed by atoms with Gasteiger partial charge in [0, 0.05) is 0 Å². The molecule has 0 aliphatic heterocycles. The predicted molar refractivity (Wildman–Crippen MR) is 53.9 cm³/mol. The van der Waals surface area contributed by atoms with E-state index in [0.29, 0.717) is 29.2 Å². The number of aromatic nitrogens is 1. The summed E-state index contributed by atoms with van der Waals surface area (Å²) in [4.78, 5) is 14.8. The lowest BCUT2D eigenvalue weighted by atomic mass is 10.2. The van der Waals surface area contributed by atoms with E-state index in [2.05, 4.69) is 4.98 Å². The van der Waals surface area contributed by atoms with E-state index in [4.69, 9.17) is 9.15 Å². The van der Waals surface area contributed by atoms with E-state index in [1.165, 1.54) is 7.11 Å². The van der Waals surface area contributed by atoms with Crippen molar-refractivity contribution in [3.05, 3.63) is 36.1 Å². The van der Waals surface area contributed by atoms with E-state index < -0.39 is 0 Å². The molecule has 0 amide bonds. The predicted octanol–water partition coefficient (Wildman–Crippen LogP) is 2.16. The number of pyridine rings is 1. The minimum Gasteiger partial charge on any atom is -0.480 e. The third kappa shape index (κ3) is 1.74. The van der Waals surface area contributed by atoms with Crippen molar-refractivity contribution in [2.24, 2.45) is 0 Å². The molecule has 0 atom stereocenters. The Balaban J connectivity index is 2.48. The SMILES string of the molecule is COc1nc(-c2ccco2)ccc1C=O. The largest absolute Gasteiger partial charge is 0.480 e. The molecule has 4 heteroatoms. The molecule has 2 rings (SSSR count). The lowest BCUT2D eigenvalue weighted by molar-refractivity contribution is 0.112. The molecule has 0 unspecified atom stereocenters. The molecule has 2 aromatic rings. The number of hydrogen-bond acceptors (Lipinski definition) is 4. The van der Waals surface area contributed by atoms with Gasteiger partial charge in [0.15, 0.2) is 12.0 Å². The van der Waals surface area contributed by atoms with Crippen LogP contribution in [0.5, 0.6) is 5.88 Å². The highest BCUT2D eigenvalue weighted by molar-refractivity contribution is 5.79. The van der Waals surface area contributed by atoms with Crippen molar-refractivity contribution in [1.29, 1.82) is 0 Å². The second-order valence-corrected chi connectivity index (χ2v) is 2.89. The van der Waals surface area contributed by atoms with Gasteiger partial charge in [0.05, 0.1) is 18.9 Å². The van der Waals surface area contributed by atoms with Crippen molar-refractivity contribution in [3.8, 4) is 17.3 Å². The molecule has 0 fully saturated rings. The van der Waals surface area contributed by atoms with Crippen LogP contribution in [0.25, 0.3) is 11.5 Å². The average molecular weight is 203 g/mol. The molecule has 76 valence electrons. The zero-order valence-corrected chi connectivity index (χ0v) is 8.14. The molecule has 0 aromatic carbocycles. The van der Waals surface area contributed by atoms with E-state index >= 15 is 0 Å². The van der Waals surface area contributed by atoms with Crippen LogP contribution in [-0.2, 0) is 0 Å². The maximum absolute atomic E-state index is 10.6. The Bertz CT molecular complexity index is 463. The van der Waals surface area contributed by atoms with Gasteiger partial charge in [0.2, 0.25) is 5.88 Å². The van der Waals surface area contributed by atoms with Crippen LogP contribution in [0.1, 0.15) is 10.4 Å². The Morgan fingerprint density at radius 1 is 1.40 bits per heavy atom. The molecule has 0 saturated heterocycles. The summed E-state index contributed by atoms with van der Waals surface area (Å²) in [6.45, 7) is 0. The van der Waals surface area contributed by atoms with Gasteiger partial charge in [-0.05, 0) is 24.3 Å². The van der Waals surface area contributed by atoms with Crippen LogP contribution in [0.15, 0.2) is 34.9 Å². The quantitative estimate of drug-likeness (QED) is 0.717. The Kier molecular flexibility index (Phi) is 2.49. The first-order chi connectivity index (χ1) is 7.35. The summed E-state index contributed by atoms with van der Waals surface area (Å²) in [6.07, 6.45) is 2.27. The van der Waals surface area contributed by atoms with Crippen LogP contribution in [0.2, 0.25) is 0 Å². The zero-order chi connectivity index (χ0) is 10.7. The molecule has 0 N–H and O–H groups in total. The van der Waals surface area contributed by atoms with Crippen molar-refractivity contribution in [2.75, 3.05) is 7.11 Å². The number of carbonyl (C=O) groups excluding carboxylic acids is 1. The van der Waals surface area contributed by atoms with Gasteiger partial charge in [-0.2, -0.15) is 0 Å². The fraction of sp³-hybridized carbons (Fsp3) is 0.0909. The molecule has 4 nitrogen and oxygen atoms in total. The number of ether oxygens (including phenoxy) is 1. The normalized spacial score (nSPS) is 9.93. The van der Waals surface area contributed by atoms with Crippen molar-refractivity contribution >= 4 is 6.29 Å². The topological polar surface area (TPSA) is 52.3 Å². The van der Waals surface area contributed by atoms with E-state index in [9.17, 15) is 4.79 Å². The van der Waals surface area contributed by atoms with E-state index in [1.54, 1.807) is 30.5 Å². The summed E-state index contributed by atoms with van der Waals surface area (Å²) in [5, 5.41) is 0. The highest BCUT2D eigenvalue weighted by atomic mass is 16.5. The Hall–Kier alpha value is -2.10. The van der Waals surface area contributed by atoms with Gasteiger partial charge in [0.25, 0.3) is 0 Å². The highest BCUT2D eigenvalue weighted by Crippen LogP contribution is 2.22. The lowest BCUT2D eigenvalue weighted by Crippen LogP contribution is -1.95. The molecule has 2 aromatic heterocycles. The van der Waals surface area contributed by atoms with Gasteiger partial charge >= 0.3 is 0 Å². The number of nitrogens with zero attached hydrogens (tertiary/aromatic N) is 1. The standard InChI is InChI=1S/C11H9NO3/c1-14-11-8(7-13)4-5-9(12-11)10-3-2-6-15-10/h2-7H,1H3. The first-order valence-electron chi connectivity index (χ1n) is 4.39. The van der Waals surface area contributed by atoms with Crippen molar-refractivity contribution in [3.63, 3.8) is 0 Å². The van der Waals surface area contributed by atoms with Crippen molar-refractivity contribution in [2.45, 2.75) is 0 Å². The van der Waals surface area contributed by atoms with Crippen LogP contribution in [0.3, 0.4) is 0 Å². The lowest BCUT2D eigenvalue weighted by Gasteiger charge is -2.03. The molecule has 0 radical (unpaired) electrons. The fourth-order valence-corrected chi connectivity index (χ4v) is 1.27. The van der Waals surface area contributed by atoms with Gasteiger partial charge in [0.1, 0.15) is 5.69 Å². The smallest absolute Gasteiger partial charge is 0.224 e. The Morgan fingerprint density at radius 2 is 2.27 bits per heavy atom. The van der Waals surface area contributed by atoms with Gasteiger partial charge < -0.3 is 9.15 Å². The summed E-state index contributed by atoms with van der Waals surface area (Å²) >= 11 is 0. The van der Waals surface area contributed by atoms with Gasteiger partial charge in [-0.25, -0.2) is 4.98 Å². The molecule has 0 aliphatic carbocycles. The summed E-state index contributed by atoms with van der Waals surface area (Å²) in [7, 11) is 1.47. The summed E-state index contributed by atoms with van der Waals surface area (Å²) < 4.78 is 10.2. The molecule has 0 bridgehead atoms. The first-order valence-corrected chi connectivity index (χ1v) is 4.39. The van der Waals surface area contributed by atoms with Gasteiger partial charge in [-0.15, -0.1) is 0 Å².